The third kappa shape index (κ3) is 3.96. The van der Waals surface area contributed by atoms with Gasteiger partial charge in [0.05, 0.1) is 11.4 Å². The molecule has 0 saturated heterocycles. The first-order chi connectivity index (χ1) is 11.6. The van der Waals surface area contributed by atoms with Gasteiger partial charge in [0.1, 0.15) is 0 Å². The van der Waals surface area contributed by atoms with E-state index in [-0.39, 0.29) is 0 Å². The number of aryl methyl sites for hydroxylation is 1. The maximum atomic E-state index is 5.47. The van der Waals surface area contributed by atoms with Gasteiger partial charge in [-0.1, -0.05) is 37.5 Å². The molecular formula is C19H26N4S. The number of para-hydroxylation sites is 1. The van der Waals surface area contributed by atoms with Gasteiger partial charge >= 0.3 is 0 Å². The lowest BCUT2D eigenvalue weighted by Crippen LogP contribution is -2.42. The van der Waals surface area contributed by atoms with Crippen molar-refractivity contribution in [3.05, 3.63) is 47.3 Å². The van der Waals surface area contributed by atoms with E-state index in [2.05, 4.69) is 41.7 Å². The number of hydrogen-bond donors (Lipinski definition) is 2. The Morgan fingerprint density at radius 1 is 1.17 bits per heavy atom. The summed E-state index contributed by atoms with van der Waals surface area (Å²) in [4.78, 5) is 0. The molecule has 2 aromatic rings. The van der Waals surface area contributed by atoms with Crippen LogP contribution in [0.15, 0.2) is 30.3 Å². The van der Waals surface area contributed by atoms with E-state index >= 15 is 0 Å². The summed E-state index contributed by atoms with van der Waals surface area (Å²) in [6, 6.07) is 10.8. The molecule has 1 aliphatic rings. The summed E-state index contributed by atoms with van der Waals surface area (Å²) in [5, 5.41) is 12.3. The van der Waals surface area contributed by atoms with E-state index in [0.29, 0.717) is 12.6 Å². The second-order valence-electron chi connectivity index (χ2n) is 6.56. The SMILES string of the molecule is Cc1nn(-c2ccccc2)c(C)c1CNC(=S)NC1CCCCC1. The number of benzene rings is 1. The summed E-state index contributed by atoms with van der Waals surface area (Å²) in [7, 11) is 0. The first-order valence-electron chi connectivity index (χ1n) is 8.80. The van der Waals surface area contributed by atoms with Crippen molar-refractivity contribution >= 4 is 17.3 Å². The van der Waals surface area contributed by atoms with Gasteiger partial charge in [0, 0.05) is 23.8 Å². The molecule has 0 spiro atoms. The normalized spacial score (nSPS) is 15.2. The van der Waals surface area contributed by atoms with Crippen molar-refractivity contribution in [2.75, 3.05) is 0 Å². The van der Waals surface area contributed by atoms with Crippen molar-refractivity contribution in [1.29, 1.82) is 0 Å². The third-order valence-corrected chi connectivity index (χ3v) is 5.07. The molecule has 1 heterocycles. The maximum Gasteiger partial charge on any atom is 0.166 e. The Bertz CT molecular complexity index is 687. The fraction of sp³-hybridized carbons (Fsp3) is 0.474. The molecule has 1 fully saturated rings. The monoisotopic (exact) mass is 342 g/mol. The number of nitrogens with one attached hydrogen (secondary N) is 2. The molecule has 0 amide bonds. The topological polar surface area (TPSA) is 41.9 Å². The molecule has 0 radical (unpaired) electrons. The van der Waals surface area contributed by atoms with Crippen molar-refractivity contribution in [2.24, 2.45) is 0 Å². The molecule has 24 heavy (non-hydrogen) atoms. The van der Waals surface area contributed by atoms with Crippen LogP contribution in [0.2, 0.25) is 0 Å². The van der Waals surface area contributed by atoms with E-state index in [0.717, 1.165) is 22.2 Å². The van der Waals surface area contributed by atoms with Crippen molar-refractivity contribution in [3.63, 3.8) is 0 Å². The number of rotatable bonds is 4. The lowest BCUT2D eigenvalue weighted by Gasteiger charge is -2.24. The largest absolute Gasteiger partial charge is 0.360 e. The Kier molecular flexibility index (Phi) is 5.51. The lowest BCUT2D eigenvalue weighted by atomic mass is 9.96. The number of nitrogens with zero attached hydrogens (tertiary/aromatic N) is 2. The van der Waals surface area contributed by atoms with Crippen molar-refractivity contribution < 1.29 is 0 Å². The smallest absolute Gasteiger partial charge is 0.166 e. The van der Waals surface area contributed by atoms with Crippen molar-refractivity contribution in [2.45, 2.75) is 58.5 Å². The van der Waals surface area contributed by atoms with Gasteiger partial charge < -0.3 is 10.6 Å². The van der Waals surface area contributed by atoms with Gasteiger partial charge in [-0.2, -0.15) is 5.10 Å². The van der Waals surface area contributed by atoms with E-state index in [1.54, 1.807) is 0 Å². The average Bonchev–Trinajstić information content (AvgIpc) is 2.89. The second kappa shape index (κ2) is 7.79. The zero-order valence-corrected chi connectivity index (χ0v) is 15.3. The van der Waals surface area contributed by atoms with Gasteiger partial charge in [-0.25, -0.2) is 4.68 Å². The second-order valence-corrected chi connectivity index (χ2v) is 6.97. The summed E-state index contributed by atoms with van der Waals surface area (Å²) in [5.74, 6) is 0. The van der Waals surface area contributed by atoms with Crippen LogP contribution in [-0.4, -0.2) is 20.9 Å². The molecule has 0 atom stereocenters. The van der Waals surface area contributed by atoms with Crippen LogP contribution in [0, 0.1) is 13.8 Å². The average molecular weight is 343 g/mol. The summed E-state index contributed by atoms with van der Waals surface area (Å²) < 4.78 is 2.00. The predicted molar refractivity (Wildman–Crippen MR) is 102 cm³/mol. The van der Waals surface area contributed by atoms with Gasteiger partial charge in [-0.05, 0) is 51.0 Å². The molecule has 2 N–H and O–H groups in total. The Morgan fingerprint density at radius 2 is 1.88 bits per heavy atom. The van der Waals surface area contributed by atoms with Crippen LogP contribution in [-0.2, 0) is 6.54 Å². The zero-order chi connectivity index (χ0) is 16.9. The van der Waals surface area contributed by atoms with Crippen molar-refractivity contribution in [3.8, 4) is 5.69 Å². The minimum atomic E-state index is 0.535. The third-order valence-electron chi connectivity index (χ3n) is 4.81. The summed E-state index contributed by atoms with van der Waals surface area (Å²) in [5.41, 5.74) is 4.51. The molecule has 0 aliphatic heterocycles. The summed E-state index contributed by atoms with van der Waals surface area (Å²) in [6.45, 7) is 4.88. The first-order valence-corrected chi connectivity index (χ1v) is 9.21. The highest BCUT2D eigenvalue weighted by Crippen LogP contribution is 2.18. The highest BCUT2D eigenvalue weighted by molar-refractivity contribution is 7.80. The first kappa shape index (κ1) is 17.0. The van der Waals surface area contributed by atoms with Gasteiger partial charge in [0.2, 0.25) is 0 Å². The van der Waals surface area contributed by atoms with Gasteiger partial charge in [-0.3, -0.25) is 0 Å². The maximum absolute atomic E-state index is 5.47. The van der Waals surface area contributed by atoms with E-state index in [1.807, 2.05) is 22.9 Å². The van der Waals surface area contributed by atoms with Crippen LogP contribution in [0.3, 0.4) is 0 Å². The van der Waals surface area contributed by atoms with Gasteiger partial charge in [0.15, 0.2) is 5.11 Å². The van der Waals surface area contributed by atoms with Gasteiger partial charge in [0.25, 0.3) is 0 Å². The Morgan fingerprint density at radius 3 is 2.58 bits per heavy atom. The molecule has 1 aromatic heterocycles. The molecule has 0 bridgehead atoms. The van der Waals surface area contributed by atoms with E-state index < -0.39 is 0 Å². The molecule has 1 aromatic carbocycles. The van der Waals surface area contributed by atoms with Crippen LogP contribution in [0.1, 0.15) is 49.1 Å². The molecule has 4 nitrogen and oxygen atoms in total. The molecule has 0 unspecified atom stereocenters. The highest BCUT2D eigenvalue weighted by atomic mass is 32.1. The van der Waals surface area contributed by atoms with Crippen molar-refractivity contribution in [1.82, 2.24) is 20.4 Å². The Labute approximate surface area is 149 Å². The van der Waals surface area contributed by atoms with E-state index in [9.17, 15) is 0 Å². The molecule has 128 valence electrons. The quantitative estimate of drug-likeness (QED) is 0.830. The van der Waals surface area contributed by atoms with Crippen LogP contribution in [0.5, 0.6) is 0 Å². The molecule has 1 saturated carbocycles. The molecular weight excluding hydrogens is 316 g/mol. The summed E-state index contributed by atoms with van der Waals surface area (Å²) in [6.07, 6.45) is 6.43. The lowest BCUT2D eigenvalue weighted by molar-refractivity contribution is 0.412. The van der Waals surface area contributed by atoms with Crippen LogP contribution in [0.25, 0.3) is 5.69 Å². The highest BCUT2D eigenvalue weighted by Gasteiger charge is 2.15. The molecule has 3 rings (SSSR count). The minimum absolute atomic E-state index is 0.535. The zero-order valence-electron chi connectivity index (χ0n) is 14.5. The number of aromatic nitrogens is 2. The number of thiocarbonyl (C=S) groups is 1. The van der Waals surface area contributed by atoms with Crippen LogP contribution in [0.4, 0.5) is 0 Å². The summed E-state index contributed by atoms with van der Waals surface area (Å²) >= 11 is 5.47. The standard InChI is InChI=1S/C19H26N4S/c1-14-18(13-20-19(24)21-16-9-5-3-6-10-16)15(2)23(22-14)17-11-7-4-8-12-17/h4,7-8,11-12,16H,3,5-6,9-10,13H2,1-2H3,(H2,20,21,24). The van der Waals surface area contributed by atoms with Gasteiger partial charge in [-0.15, -0.1) is 0 Å². The van der Waals surface area contributed by atoms with Crippen LogP contribution >= 0.6 is 12.2 Å². The van der Waals surface area contributed by atoms with E-state index in [4.69, 9.17) is 12.2 Å². The number of hydrogen-bond acceptors (Lipinski definition) is 2. The van der Waals surface area contributed by atoms with E-state index in [1.165, 1.54) is 37.7 Å². The minimum Gasteiger partial charge on any atom is -0.360 e. The van der Waals surface area contributed by atoms with Crippen LogP contribution < -0.4 is 10.6 Å². The fourth-order valence-corrected chi connectivity index (χ4v) is 3.64. The fourth-order valence-electron chi connectivity index (χ4n) is 3.40. The Balaban J connectivity index is 1.63. The molecule has 5 heteroatoms. The molecule has 1 aliphatic carbocycles. The Hall–Kier alpha value is -1.88. The predicted octanol–water partition coefficient (Wildman–Crippen LogP) is 3.79.